The van der Waals surface area contributed by atoms with Gasteiger partial charge in [-0.05, 0) is 79.2 Å². The number of hydrogen-bond donors (Lipinski definition) is 7. The number of carbonyl (C=O) groups is 9. The Morgan fingerprint density at radius 1 is 0.848 bits per heavy atom. The summed E-state index contributed by atoms with van der Waals surface area (Å²) < 4.78 is 22.1. The smallest absolute Gasteiger partial charge is 0.343 e. The number of aryl methyl sites for hydroxylation is 1. The number of aromatic nitrogens is 2. The third kappa shape index (κ3) is 12.5. The van der Waals surface area contributed by atoms with Crippen molar-refractivity contribution in [2.75, 3.05) is 32.7 Å². The zero-order valence-electron chi connectivity index (χ0n) is 45.2. The van der Waals surface area contributed by atoms with Gasteiger partial charge in [-0.2, -0.15) is 0 Å². The number of carbonyl (C=O) groups excluding carboxylic acids is 9. The van der Waals surface area contributed by atoms with Gasteiger partial charge in [0.15, 0.2) is 5.60 Å². The van der Waals surface area contributed by atoms with Gasteiger partial charge in [0.2, 0.25) is 47.3 Å². The maximum absolute atomic E-state index is 15.4. The van der Waals surface area contributed by atoms with Gasteiger partial charge in [-0.15, -0.1) is 0 Å². The average Bonchev–Trinajstić information content (AvgIpc) is 4.20. The normalized spacial score (nSPS) is 18.5. The van der Waals surface area contributed by atoms with Crippen molar-refractivity contribution in [1.29, 1.82) is 0 Å². The lowest BCUT2D eigenvalue weighted by molar-refractivity contribution is -0.172. The fourth-order valence-corrected chi connectivity index (χ4v) is 10.9. The summed E-state index contributed by atoms with van der Waals surface area (Å²) in [6.07, 6.45) is 3.05. The molecule has 420 valence electrons. The number of cyclic esters (lactones) is 1. The molecule has 79 heavy (non-hydrogen) atoms. The van der Waals surface area contributed by atoms with Gasteiger partial charge < -0.3 is 46.3 Å². The van der Waals surface area contributed by atoms with E-state index in [1.165, 1.54) is 15.5 Å². The number of nitrogens with zero attached hydrogens (tertiary/aromatic N) is 3. The molecule has 1 saturated heterocycles. The molecular formula is C57H68FN9O12. The van der Waals surface area contributed by atoms with E-state index >= 15 is 4.39 Å². The number of imide groups is 1. The van der Waals surface area contributed by atoms with Crippen LogP contribution in [0, 0.1) is 24.1 Å². The second-order valence-electron chi connectivity index (χ2n) is 21.8. The number of amides is 8. The van der Waals surface area contributed by atoms with Gasteiger partial charge in [0.1, 0.15) is 18.5 Å². The number of hydrogen-bond acceptors (Lipinski definition) is 13. The minimum atomic E-state index is -2.04. The van der Waals surface area contributed by atoms with Crippen LogP contribution in [-0.4, -0.2) is 112 Å². The molecule has 5 heterocycles. The number of esters is 1. The Hall–Kier alpha value is -7.88. The first-order chi connectivity index (χ1) is 37.6. The van der Waals surface area contributed by atoms with Crippen LogP contribution in [0.25, 0.3) is 22.3 Å². The molecule has 4 aliphatic rings. The Morgan fingerprint density at radius 3 is 2.27 bits per heavy atom. The second kappa shape index (κ2) is 24.0. The first-order valence-corrected chi connectivity index (χ1v) is 27.0. The SMILES string of the molecule is CC[C@@]1(O)C(=O)OCc2c1cc1n(c2=O)Cc2c-1nc1cc(F)c(C)c3c1c2[C@@H](NC(=O)CCCNC(=O)CNC(=O)C(Cc1ccccc1)NC(=O)CNC(=O)CNC(=O)CCCCCN1C(=O)CC(C(C)(C)C)C1=O)CC3. The quantitative estimate of drug-likeness (QED) is 0.0299. The number of rotatable bonds is 22. The lowest BCUT2D eigenvalue weighted by Crippen LogP contribution is -2.52. The summed E-state index contributed by atoms with van der Waals surface area (Å²) in [6, 6.07) is 10.1. The Balaban J connectivity index is 0.786. The molecule has 22 heteroatoms. The number of aliphatic hydroxyl groups is 1. The van der Waals surface area contributed by atoms with Crippen LogP contribution in [0.1, 0.15) is 130 Å². The molecule has 7 N–H and O–H groups in total. The van der Waals surface area contributed by atoms with Crippen molar-refractivity contribution in [2.24, 2.45) is 11.3 Å². The third-order valence-corrected chi connectivity index (χ3v) is 15.4. The van der Waals surface area contributed by atoms with E-state index in [0.29, 0.717) is 83.2 Å². The fraction of sp³-hybridized carbons (Fsp3) is 0.491. The fourth-order valence-electron chi connectivity index (χ4n) is 10.9. The Kier molecular flexibility index (Phi) is 17.4. The van der Waals surface area contributed by atoms with E-state index < -0.39 is 78.3 Å². The zero-order chi connectivity index (χ0) is 56.9. The van der Waals surface area contributed by atoms with Gasteiger partial charge in [0, 0.05) is 61.4 Å². The summed E-state index contributed by atoms with van der Waals surface area (Å²) in [5.74, 6) is -5.26. The lowest BCUT2D eigenvalue weighted by atomic mass is 9.80. The standard InChI is InChI=1S/C57H68FN9O12/c1-6-57(78)36-23-42-51-34(29-67(42)53(75)35(36)30-79-55(57)77)50-39(19-18-33-31(2)38(58)25-40(65-51)49(33)50)63-44(69)17-13-20-59-45(70)27-62-52(74)41(22-32-14-9-7-10-15-32)64-47(72)28-61-46(71)26-60-43(68)16-11-8-12-21-66-48(73)24-37(54(66)76)56(3,4)5/h7,9-10,14-15,23,25,37,39,41,78H,6,8,11-13,16-22,24,26-30H2,1-5H3,(H,59,70)(H,60,68)(H,61,71)(H,62,74)(H,63,69)(H,64,72)/t37?,39-,41?,57-/m0/s1. The van der Waals surface area contributed by atoms with Crippen molar-refractivity contribution >= 4 is 64.1 Å². The van der Waals surface area contributed by atoms with Crippen molar-refractivity contribution in [3.05, 3.63) is 97.6 Å². The summed E-state index contributed by atoms with van der Waals surface area (Å²) in [4.78, 5) is 136. The van der Waals surface area contributed by atoms with Crippen LogP contribution in [0.3, 0.4) is 0 Å². The van der Waals surface area contributed by atoms with Crippen molar-refractivity contribution in [2.45, 2.75) is 136 Å². The first-order valence-electron chi connectivity index (χ1n) is 27.0. The zero-order valence-corrected chi connectivity index (χ0v) is 45.2. The highest BCUT2D eigenvalue weighted by molar-refractivity contribution is 6.04. The van der Waals surface area contributed by atoms with Crippen LogP contribution in [-0.2, 0) is 79.5 Å². The largest absolute Gasteiger partial charge is 0.458 e. The first kappa shape index (κ1) is 57.3. The van der Waals surface area contributed by atoms with Gasteiger partial charge in [-0.3, -0.25) is 48.1 Å². The number of fused-ring (bicyclic) bond motifs is 5. The Labute approximate surface area is 455 Å². The molecule has 0 saturated carbocycles. The van der Waals surface area contributed by atoms with Crippen LogP contribution < -0.4 is 37.5 Å². The highest BCUT2D eigenvalue weighted by Gasteiger charge is 2.47. The highest BCUT2D eigenvalue weighted by atomic mass is 19.1. The number of unbranched alkanes of at least 4 members (excludes halogenated alkanes) is 2. The summed E-state index contributed by atoms with van der Waals surface area (Å²) in [6.45, 7) is 7.91. The molecule has 0 radical (unpaired) electrons. The van der Waals surface area contributed by atoms with E-state index in [-0.39, 0.29) is 104 Å². The summed E-state index contributed by atoms with van der Waals surface area (Å²) in [5.41, 5.74) is 1.86. The molecule has 1 fully saturated rings. The monoisotopic (exact) mass is 1090 g/mol. The second-order valence-corrected chi connectivity index (χ2v) is 21.8. The van der Waals surface area contributed by atoms with E-state index in [1.807, 2.05) is 20.8 Å². The maximum Gasteiger partial charge on any atom is 0.343 e. The number of ether oxygens (including phenoxy) is 1. The molecule has 1 aliphatic carbocycles. The molecule has 4 aromatic rings. The number of pyridine rings is 2. The van der Waals surface area contributed by atoms with Crippen LogP contribution in [0.15, 0.2) is 47.3 Å². The molecular weight excluding hydrogens is 1020 g/mol. The highest BCUT2D eigenvalue weighted by Crippen LogP contribution is 2.46. The van der Waals surface area contributed by atoms with Crippen molar-refractivity contribution < 1.29 is 57.4 Å². The van der Waals surface area contributed by atoms with Crippen LogP contribution >= 0.6 is 0 Å². The van der Waals surface area contributed by atoms with Gasteiger partial charge in [-0.1, -0.05) is 64.4 Å². The van der Waals surface area contributed by atoms with Crippen LogP contribution in [0.4, 0.5) is 4.39 Å². The minimum absolute atomic E-state index is 0.00622. The molecule has 21 nitrogen and oxygen atoms in total. The molecule has 4 atom stereocenters. The summed E-state index contributed by atoms with van der Waals surface area (Å²) in [5, 5.41) is 28.0. The minimum Gasteiger partial charge on any atom is -0.458 e. The predicted molar refractivity (Wildman–Crippen MR) is 285 cm³/mol. The van der Waals surface area contributed by atoms with E-state index in [1.54, 1.807) is 50.2 Å². The average molecular weight is 1090 g/mol. The number of halogens is 1. The van der Waals surface area contributed by atoms with Crippen molar-refractivity contribution in [3.8, 4) is 11.4 Å². The van der Waals surface area contributed by atoms with E-state index in [2.05, 4.69) is 31.9 Å². The predicted octanol–water partition coefficient (Wildman–Crippen LogP) is 2.58. The van der Waals surface area contributed by atoms with Gasteiger partial charge in [-0.25, -0.2) is 14.2 Å². The van der Waals surface area contributed by atoms with Crippen molar-refractivity contribution in [3.63, 3.8) is 0 Å². The molecule has 3 aliphatic heterocycles. The lowest BCUT2D eigenvalue weighted by Gasteiger charge is -2.31. The summed E-state index contributed by atoms with van der Waals surface area (Å²) in [7, 11) is 0. The van der Waals surface area contributed by atoms with Crippen LogP contribution in [0.5, 0.6) is 0 Å². The number of likely N-dealkylation sites (tertiary alicyclic amines) is 1. The van der Waals surface area contributed by atoms with Gasteiger partial charge >= 0.3 is 5.97 Å². The molecule has 8 amide bonds. The van der Waals surface area contributed by atoms with Crippen molar-refractivity contribution in [1.82, 2.24) is 46.4 Å². The summed E-state index contributed by atoms with van der Waals surface area (Å²) >= 11 is 0. The molecule has 2 aromatic carbocycles. The Bertz CT molecular complexity index is 3190. The Morgan fingerprint density at radius 2 is 1.54 bits per heavy atom. The third-order valence-electron chi connectivity index (χ3n) is 15.4. The van der Waals surface area contributed by atoms with Gasteiger partial charge in [0.05, 0.1) is 60.6 Å². The molecule has 2 aromatic heterocycles. The van der Waals surface area contributed by atoms with E-state index in [9.17, 15) is 53.1 Å². The molecule has 0 spiro atoms. The van der Waals surface area contributed by atoms with E-state index in [4.69, 9.17) is 9.72 Å². The molecule has 2 unspecified atom stereocenters. The molecule has 0 bridgehead atoms. The van der Waals surface area contributed by atoms with Gasteiger partial charge in [0.25, 0.3) is 5.56 Å². The van der Waals surface area contributed by atoms with Crippen LogP contribution in [0.2, 0.25) is 0 Å². The topological polar surface area (TPSA) is 293 Å². The van der Waals surface area contributed by atoms with E-state index in [0.717, 1.165) is 5.56 Å². The number of benzene rings is 2. The molecule has 8 rings (SSSR count). The number of nitrogens with one attached hydrogen (secondary N) is 6. The maximum atomic E-state index is 15.4.